The van der Waals surface area contributed by atoms with Gasteiger partial charge in [0.05, 0.1) is 17.8 Å². The van der Waals surface area contributed by atoms with E-state index in [2.05, 4.69) is 5.32 Å². The largest absolute Gasteiger partial charge is 0.468 e. The lowest BCUT2D eigenvalue weighted by molar-refractivity contribution is -0.141. The summed E-state index contributed by atoms with van der Waals surface area (Å²) in [5.74, 6) is -1.61. The molecule has 0 radical (unpaired) electrons. The van der Waals surface area contributed by atoms with Crippen LogP contribution in [0.15, 0.2) is 60.3 Å². The summed E-state index contributed by atoms with van der Waals surface area (Å²) in [5.41, 5.74) is 1.64. The van der Waals surface area contributed by atoms with Crippen LogP contribution in [0.5, 0.6) is 0 Å². The van der Waals surface area contributed by atoms with Crippen molar-refractivity contribution in [3.8, 4) is 0 Å². The second-order valence-electron chi connectivity index (χ2n) is 6.71. The van der Waals surface area contributed by atoms with Crippen molar-refractivity contribution in [3.63, 3.8) is 0 Å². The summed E-state index contributed by atoms with van der Waals surface area (Å²) >= 11 is 11.5. The number of aromatic nitrogens is 1. The molecule has 1 N–H and O–H groups in total. The lowest BCUT2D eigenvalue weighted by atomic mass is 10.1. The Labute approximate surface area is 187 Å². The Morgan fingerprint density at radius 1 is 1.16 bits per heavy atom. The monoisotopic (exact) mass is 453 g/mol. The predicted octanol–water partition coefficient (Wildman–Crippen LogP) is 3.30. The van der Waals surface area contributed by atoms with Crippen molar-refractivity contribution >= 4 is 69.4 Å². The molecule has 1 aliphatic heterocycles. The summed E-state index contributed by atoms with van der Waals surface area (Å²) in [4.78, 5) is 38.8. The zero-order valence-corrected chi connectivity index (χ0v) is 17.9. The van der Waals surface area contributed by atoms with Crippen LogP contribution in [0.2, 0.25) is 5.02 Å². The van der Waals surface area contributed by atoms with Gasteiger partial charge < -0.3 is 9.30 Å². The third kappa shape index (κ3) is 3.83. The van der Waals surface area contributed by atoms with Gasteiger partial charge in [-0.25, -0.2) is 0 Å². The summed E-state index contributed by atoms with van der Waals surface area (Å²) in [6.45, 7) is -0.00381. The van der Waals surface area contributed by atoms with Gasteiger partial charge in [0.25, 0.3) is 11.8 Å². The number of carbonyl (C=O) groups excluding carboxylic acids is 3. The highest BCUT2D eigenvalue weighted by molar-refractivity contribution is 7.80. The molecule has 1 fully saturated rings. The van der Waals surface area contributed by atoms with Crippen molar-refractivity contribution in [1.29, 1.82) is 0 Å². The summed E-state index contributed by atoms with van der Waals surface area (Å²) < 4.78 is 6.46. The average Bonchev–Trinajstić information content (AvgIpc) is 3.09. The number of methoxy groups -OCH3 is 1. The molecule has 3 aromatic rings. The molecule has 156 valence electrons. The molecule has 2 heterocycles. The number of nitrogens with one attached hydrogen (secondary N) is 1. The SMILES string of the molecule is COC(=O)Cn1cc(/C=C2\C(=O)NC(=S)N(c3ccccc3Cl)C2=O)c2ccccc21. The van der Waals surface area contributed by atoms with Crippen LogP contribution in [0, 0.1) is 0 Å². The smallest absolute Gasteiger partial charge is 0.325 e. The second-order valence-corrected chi connectivity index (χ2v) is 7.51. The average molecular weight is 454 g/mol. The van der Waals surface area contributed by atoms with Crippen molar-refractivity contribution in [2.75, 3.05) is 12.0 Å². The van der Waals surface area contributed by atoms with Crippen LogP contribution < -0.4 is 10.2 Å². The minimum Gasteiger partial charge on any atom is -0.468 e. The van der Waals surface area contributed by atoms with E-state index < -0.39 is 17.8 Å². The van der Waals surface area contributed by atoms with Crippen LogP contribution in [-0.4, -0.2) is 34.6 Å². The number of para-hydroxylation sites is 2. The number of fused-ring (bicyclic) bond motifs is 1. The van der Waals surface area contributed by atoms with Crippen molar-refractivity contribution in [2.24, 2.45) is 0 Å². The van der Waals surface area contributed by atoms with E-state index in [0.29, 0.717) is 16.3 Å². The Morgan fingerprint density at radius 3 is 2.61 bits per heavy atom. The number of hydrogen-bond acceptors (Lipinski definition) is 5. The van der Waals surface area contributed by atoms with Gasteiger partial charge >= 0.3 is 5.97 Å². The number of ether oxygens (including phenoxy) is 1. The molecule has 0 spiro atoms. The Hall–Kier alpha value is -3.49. The first-order valence-corrected chi connectivity index (χ1v) is 10.00. The molecule has 1 aliphatic rings. The molecular formula is C22H16ClN3O4S. The van der Waals surface area contributed by atoms with E-state index in [-0.39, 0.29) is 17.2 Å². The van der Waals surface area contributed by atoms with E-state index >= 15 is 0 Å². The fourth-order valence-corrected chi connectivity index (χ4v) is 3.88. The highest BCUT2D eigenvalue weighted by atomic mass is 35.5. The number of benzene rings is 2. The Balaban J connectivity index is 1.81. The summed E-state index contributed by atoms with van der Waals surface area (Å²) in [7, 11) is 1.31. The van der Waals surface area contributed by atoms with Crippen molar-refractivity contribution < 1.29 is 19.1 Å². The molecule has 0 atom stereocenters. The zero-order chi connectivity index (χ0) is 22.1. The van der Waals surface area contributed by atoms with Crippen molar-refractivity contribution in [2.45, 2.75) is 6.54 Å². The van der Waals surface area contributed by atoms with E-state index in [1.165, 1.54) is 18.1 Å². The van der Waals surface area contributed by atoms with Gasteiger partial charge in [0, 0.05) is 22.7 Å². The number of carbonyl (C=O) groups is 3. The number of nitrogens with zero attached hydrogens (tertiary/aromatic N) is 2. The summed E-state index contributed by atoms with van der Waals surface area (Å²) in [5, 5.41) is 3.59. The fourth-order valence-electron chi connectivity index (χ4n) is 3.39. The number of amides is 2. The summed E-state index contributed by atoms with van der Waals surface area (Å²) in [6, 6.07) is 14.1. The number of anilines is 1. The normalized spacial score (nSPS) is 15.5. The highest BCUT2D eigenvalue weighted by Crippen LogP contribution is 2.30. The van der Waals surface area contributed by atoms with Crippen molar-refractivity contribution in [1.82, 2.24) is 9.88 Å². The first kappa shape index (κ1) is 20.8. The molecule has 31 heavy (non-hydrogen) atoms. The first-order chi connectivity index (χ1) is 14.9. The second kappa shape index (κ2) is 8.33. The summed E-state index contributed by atoms with van der Waals surface area (Å²) in [6.07, 6.45) is 3.18. The molecule has 2 aromatic carbocycles. The van der Waals surface area contributed by atoms with Crippen LogP contribution >= 0.6 is 23.8 Å². The van der Waals surface area contributed by atoms with Gasteiger partial charge in [0.15, 0.2) is 5.11 Å². The van der Waals surface area contributed by atoms with Crippen molar-refractivity contribution in [3.05, 3.63) is 70.9 Å². The lowest BCUT2D eigenvalue weighted by Crippen LogP contribution is -2.54. The van der Waals surface area contributed by atoms with Gasteiger partial charge in [-0.05, 0) is 36.5 Å². The van der Waals surface area contributed by atoms with E-state index in [4.69, 9.17) is 28.6 Å². The Bertz CT molecular complexity index is 1280. The standard InChI is InChI=1S/C22H16ClN3O4S/c1-30-19(27)12-25-11-13(14-6-2-4-8-17(14)25)10-15-20(28)24-22(31)26(21(15)29)18-9-5-3-7-16(18)23/h2-11H,12H2,1H3,(H,24,28,31)/b15-10+. The number of rotatable bonds is 4. The van der Waals surface area contributed by atoms with E-state index in [1.807, 2.05) is 24.3 Å². The molecule has 1 saturated heterocycles. The number of hydrogen-bond donors (Lipinski definition) is 1. The first-order valence-electron chi connectivity index (χ1n) is 9.21. The maximum atomic E-state index is 13.2. The Morgan fingerprint density at radius 2 is 1.87 bits per heavy atom. The van der Waals surface area contributed by atoms with Crippen LogP contribution in [0.25, 0.3) is 17.0 Å². The molecule has 0 saturated carbocycles. The van der Waals surface area contributed by atoms with E-state index in [1.54, 1.807) is 35.0 Å². The topological polar surface area (TPSA) is 80.6 Å². The maximum Gasteiger partial charge on any atom is 0.325 e. The van der Waals surface area contributed by atoms with Gasteiger partial charge in [-0.3, -0.25) is 24.6 Å². The third-order valence-corrected chi connectivity index (χ3v) is 5.45. The number of thiocarbonyl (C=S) groups is 1. The van der Waals surface area contributed by atoms with E-state index in [9.17, 15) is 14.4 Å². The molecule has 1 aromatic heterocycles. The number of halogens is 1. The van der Waals surface area contributed by atoms with Gasteiger partial charge in [-0.15, -0.1) is 0 Å². The molecule has 0 bridgehead atoms. The van der Waals surface area contributed by atoms with Crippen LogP contribution in [0.4, 0.5) is 5.69 Å². The third-order valence-electron chi connectivity index (χ3n) is 4.84. The minimum absolute atomic E-state index is 0.00381. The van der Waals surface area contributed by atoms with Gasteiger partial charge in [0.1, 0.15) is 12.1 Å². The molecule has 4 rings (SSSR count). The van der Waals surface area contributed by atoms with Gasteiger partial charge in [0.2, 0.25) is 0 Å². The number of esters is 1. The molecule has 9 heteroatoms. The lowest BCUT2D eigenvalue weighted by Gasteiger charge is -2.29. The zero-order valence-electron chi connectivity index (χ0n) is 16.3. The molecule has 2 amide bonds. The predicted molar refractivity (Wildman–Crippen MR) is 122 cm³/mol. The molecule has 0 aliphatic carbocycles. The highest BCUT2D eigenvalue weighted by Gasteiger charge is 2.35. The molecule has 7 nitrogen and oxygen atoms in total. The quantitative estimate of drug-likeness (QED) is 0.284. The van der Waals surface area contributed by atoms with Gasteiger partial charge in [-0.2, -0.15) is 0 Å². The van der Waals surface area contributed by atoms with Crippen LogP contribution in [-0.2, 0) is 25.7 Å². The van der Waals surface area contributed by atoms with E-state index in [0.717, 1.165) is 10.9 Å². The van der Waals surface area contributed by atoms with Crippen LogP contribution in [0.3, 0.4) is 0 Å². The maximum absolute atomic E-state index is 13.2. The fraction of sp³-hybridized carbons (Fsp3) is 0.0909. The Kier molecular flexibility index (Phi) is 5.58. The molecule has 0 unspecified atom stereocenters. The minimum atomic E-state index is -0.608. The van der Waals surface area contributed by atoms with Crippen LogP contribution in [0.1, 0.15) is 5.56 Å². The molecular weight excluding hydrogens is 438 g/mol. The van der Waals surface area contributed by atoms with Gasteiger partial charge in [-0.1, -0.05) is 41.9 Å².